The van der Waals surface area contributed by atoms with Gasteiger partial charge in [-0.2, -0.15) is 0 Å². The van der Waals surface area contributed by atoms with Crippen molar-refractivity contribution < 1.29 is 9.90 Å². The molecule has 1 rings (SSSR count). The molecule has 0 aliphatic carbocycles. The SMILES string of the molecule is CC(=O)N(C)C[C@H]1CCCCN1CCO. The summed E-state index contributed by atoms with van der Waals surface area (Å²) in [5.74, 6) is 0.115. The summed E-state index contributed by atoms with van der Waals surface area (Å²) >= 11 is 0. The molecule has 1 saturated heterocycles. The van der Waals surface area contributed by atoms with Crippen molar-refractivity contribution in [3.05, 3.63) is 0 Å². The summed E-state index contributed by atoms with van der Waals surface area (Å²) in [6.07, 6.45) is 3.58. The minimum atomic E-state index is 0.115. The van der Waals surface area contributed by atoms with Crippen molar-refractivity contribution in [1.29, 1.82) is 0 Å². The second-order valence-corrected chi connectivity index (χ2v) is 4.31. The van der Waals surface area contributed by atoms with Gasteiger partial charge in [0.05, 0.1) is 6.61 Å². The summed E-state index contributed by atoms with van der Waals surface area (Å²) in [6.45, 7) is 4.38. The molecule has 1 amide bonds. The van der Waals surface area contributed by atoms with Crippen LogP contribution in [0, 0.1) is 0 Å². The van der Waals surface area contributed by atoms with Gasteiger partial charge in [0.2, 0.25) is 5.91 Å². The lowest BCUT2D eigenvalue weighted by atomic mass is 10.0. The van der Waals surface area contributed by atoms with E-state index in [0.717, 1.165) is 26.1 Å². The van der Waals surface area contributed by atoms with E-state index in [2.05, 4.69) is 4.90 Å². The second-order valence-electron chi connectivity index (χ2n) is 4.31. The summed E-state index contributed by atoms with van der Waals surface area (Å²) in [7, 11) is 1.84. The Morgan fingerprint density at radius 1 is 1.53 bits per heavy atom. The van der Waals surface area contributed by atoms with E-state index >= 15 is 0 Å². The average Bonchev–Trinajstić information content (AvgIpc) is 2.21. The summed E-state index contributed by atoms with van der Waals surface area (Å²) in [5.41, 5.74) is 0. The molecule has 0 aromatic heterocycles. The van der Waals surface area contributed by atoms with Crippen LogP contribution in [0.3, 0.4) is 0 Å². The molecule has 1 fully saturated rings. The molecule has 1 heterocycles. The maximum absolute atomic E-state index is 11.1. The molecule has 1 N–H and O–H groups in total. The standard InChI is InChI=1S/C11H22N2O2/c1-10(15)12(2)9-11-5-3-4-6-13(11)7-8-14/h11,14H,3-9H2,1-2H3/t11-/m1/s1. The number of piperidine rings is 1. The monoisotopic (exact) mass is 214 g/mol. The molecule has 0 radical (unpaired) electrons. The lowest BCUT2D eigenvalue weighted by Crippen LogP contribution is -2.47. The van der Waals surface area contributed by atoms with Gasteiger partial charge in [-0.15, -0.1) is 0 Å². The van der Waals surface area contributed by atoms with E-state index in [1.54, 1.807) is 11.8 Å². The summed E-state index contributed by atoms with van der Waals surface area (Å²) < 4.78 is 0. The van der Waals surface area contributed by atoms with Crippen LogP contribution in [0.4, 0.5) is 0 Å². The van der Waals surface area contributed by atoms with E-state index in [1.807, 2.05) is 7.05 Å². The van der Waals surface area contributed by atoms with Gasteiger partial charge in [0, 0.05) is 33.1 Å². The van der Waals surface area contributed by atoms with Gasteiger partial charge in [0.25, 0.3) is 0 Å². The highest BCUT2D eigenvalue weighted by atomic mass is 16.3. The van der Waals surface area contributed by atoms with Gasteiger partial charge in [-0.3, -0.25) is 9.69 Å². The Morgan fingerprint density at radius 3 is 2.87 bits per heavy atom. The zero-order valence-corrected chi connectivity index (χ0v) is 9.78. The molecule has 4 heteroatoms. The second kappa shape index (κ2) is 6.08. The van der Waals surface area contributed by atoms with Crippen molar-refractivity contribution in [3.63, 3.8) is 0 Å². The lowest BCUT2D eigenvalue weighted by Gasteiger charge is -2.37. The Balaban J connectivity index is 2.45. The molecule has 15 heavy (non-hydrogen) atoms. The number of likely N-dealkylation sites (N-methyl/N-ethyl adjacent to an activating group) is 1. The van der Waals surface area contributed by atoms with Crippen molar-refractivity contribution >= 4 is 5.91 Å². The maximum Gasteiger partial charge on any atom is 0.219 e. The van der Waals surface area contributed by atoms with Crippen molar-refractivity contribution in [3.8, 4) is 0 Å². The predicted octanol–water partition coefficient (Wildman–Crippen LogP) is 0.311. The molecule has 1 aliphatic rings. The third-order valence-corrected chi connectivity index (χ3v) is 3.16. The number of aliphatic hydroxyl groups is 1. The number of likely N-dealkylation sites (tertiary alicyclic amines) is 1. The first-order chi connectivity index (χ1) is 7.15. The number of hydrogen-bond donors (Lipinski definition) is 1. The van der Waals surface area contributed by atoms with Crippen LogP contribution in [0.1, 0.15) is 26.2 Å². The number of carbonyl (C=O) groups is 1. The molecule has 0 spiro atoms. The normalized spacial score (nSPS) is 22.7. The minimum Gasteiger partial charge on any atom is -0.395 e. The molecule has 4 nitrogen and oxygen atoms in total. The Morgan fingerprint density at radius 2 is 2.27 bits per heavy atom. The fraction of sp³-hybridized carbons (Fsp3) is 0.909. The first kappa shape index (κ1) is 12.5. The summed E-state index contributed by atoms with van der Waals surface area (Å²) in [4.78, 5) is 15.2. The Bertz CT molecular complexity index is 207. The number of carbonyl (C=O) groups excluding carboxylic acids is 1. The molecule has 0 bridgehead atoms. The molecule has 0 aromatic rings. The van der Waals surface area contributed by atoms with Crippen molar-refractivity contribution in [2.75, 3.05) is 33.3 Å². The smallest absolute Gasteiger partial charge is 0.219 e. The van der Waals surface area contributed by atoms with E-state index in [9.17, 15) is 4.79 Å². The van der Waals surface area contributed by atoms with Gasteiger partial charge >= 0.3 is 0 Å². The van der Waals surface area contributed by atoms with Crippen LogP contribution in [0.5, 0.6) is 0 Å². The predicted molar refractivity (Wildman–Crippen MR) is 59.6 cm³/mol. The van der Waals surface area contributed by atoms with Crippen LogP contribution < -0.4 is 0 Å². The van der Waals surface area contributed by atoms with Crippen molar-refractivity contribution in [2.45, 2.75) is 32.2 Å². The summed E-state index contributed by atoms with van der Waals surface area (Å²) in [5, 5.41) is 8.96. The number of hydrogen-bond acceptors (Lipinski definition) is 3. The molecular formula is C11H22N2O2. The highest BCUT2D eigenvalue weighted by Crippen LogP contribution is 2.17. The van der Waals surface area contributed by atoms with Gasteiger partial charge < -0.3 is 10.0 Å². The molecule has 1 atom stereocenters. The largest absolute Gasteiger partial charge is 0.395 e. The molecule has 0 aromatic carbocycles. The molecule has 88 valence electrons. The highest BCUT2D eigenvalue weighted by molar-refractivity contribution is 5.72. The first-order valence-corrected chi connectivity index (χ1v) is 5.71. The summed E-state index contributed by atoms with van der Waals surface area (Å²) in [6, 6.07) is 0.430. The first-order valence-electron chi connectivity index (χ1n) is 5.71. The zero-order chi connectivity index (χ0) is 11.3. The molecule has 0 saturated carbocycles. The minimum absolute atomic E-state index is 0.115. The quantitative estimate of drug-likeness (QED) is 0.732. The van der Waals surface area contributed by atoms with E-state index in [0.29, 0.717) is 6.04 Å². The fourth-order valence-corrected chi connectivity index (χ4v) is 2.13. The Labute approximate surface area is 91.9 Å². The van der Waals surface area contributed by atoms with Gasteiger partial charge in [-0.25, -0.2) is 0 Å². The highest BCUT2D eigenvalue weighted by Gasteiger charge is 2.23. The van der Waals surface area contributed by atoms with Gasteiger partial charge in [0.1, 0.15) is 0 Å². The van der Waals surface area contributed by atoms with Gasteiger partial charge in [-0.05, 0) is 19.4 Å². The van der Waals surface area contributed by atoms with Crippen LogP contribution in [0.25, 0.3) is 0 Å². The van der Waals surface area contributed by atoms with Crippen molar-refractivity contribution in [2.24, 2.45) is 0 Å². The molecular weight excluding hydrogens is 192 g/mol. The van der Waals surface area contributed by atoms with E-state index in [4.69, 9.17) is 5.11 Å². The number of rotatable bonds is 4. The van der Waals surface area contributed by atoms with Gasteiger partial charge in [0.15, 0.2) is 0 Å². The molecule has 0 unspecified atom stereocenters. The number of aliphatic hydroxyl groups excluding tert-OH is 1. The Kier molecular flexibility index (Phi) is 5.05. The fourth-order valence-electron chi connectivity index (χ4n) is 2.13. The van der Waals surface area contributed by atoms with E-state index < -0.39 is 0 Å². The topological polar surface area (TPSA) is 43.8 Å². The van der Waals surface area contributed by atoms with Crippen LogP contribution in [0.15, 0.2) is 0 Å². The maximum atomic E-state index is 11.1. The van der Waals surface area contributed by atoms with Crippen LogP contribution in [0.2, 0.25) is 0 Å². The third kappa shape index (κ3) is 3.80. The van der Waals surface area contributed by atoms with Gasteiger partial charge in [-0.1, -0.05) is 6.42 Å². The lowest BCUT2D eigenvalue weighted by molar-refractivity contribution is -0.128. The third-order valence-electron chi connectivity index (χ3n) is 3.16. The van der Waals surface area contributed by atoms with E-state index in [1.165, 1.54) is 12.8 Å². The van der Waals surface area contributed by atoms with Crippen LogP contribution in [-0.4, -0.2) is 60.1 Å². The molecule has 1 aliphatic heterocycles. The van der Waals surface area contributed by atoms with Crippen LogP contribution >= 0.6 is 0 Å². The van der Waals surface area contributed by atoms with Crippen LogP contribution in [-0.2, 0) is 4.79 Å². The zero-order valence-electron chi connectivity index (χ0n) is 9.78. The Hall–Kier alpha value is -0.610. The van der Waals surface area contributed by atoms with Crippen molar-refractivity contribution in [1.82, 2.24) is 9.80 Å². The number of β-amino-alcohol motifs (C(OH)–C–C–N with tert-alkyl or cyclic N) is 1. The average molecular weight is 214 g/mol. The van der Waals surface area contributed by atoms with E-state index in [-0.39, 0.29) is 12.5 Å². The number of nitrogens with zero attached hydrogens (tertiary/aromatic N) is 2. The number of amides is 1.